The van der Waals surface area contributed by atoms with Crippen LogP contribution in [0.25, 0.3) is 0 Å². The molecule has 0 amide bonds. The van der Waals surface area contributed by atoms with Crippen LogP contribution in [0.5, 0.6) is 0 Å². The van der Waals surface area contributed by atoms with Crippen LogP contribution in [0.2, 0.25) is 5.02 Å². The number of methoxy groups -OCH3 is 1. The number of halogens is 1. The van der Waals surface area contributed by atoms with E-state index in [0.717, 1.165) is 11.1 Å². The summed E-state index contributed by atoms with van der Waals surface area (Å²) in [6.45, 7) is 1.90. The summed E-state index contributed by atoms with van der Waals surface area (Å²) in [4.78, 5) is 11.1. The molecule has 1 aromatic carbocycles. The Morgan fingerprint density at radius 2 is 2.27 bits per heavy atom. The van der Waals surface area contributed by atoms with Gasteiger partial charge in [-0.2, -0.15) is 0 Å². The number of hydrogen-bond donors (Lipinski definition) is 1. The molecule has 0 heterocycles. The quantitative estimate of drug-likeness (QED) is 0.800. The average molecular weight is 228 g/mol. The van der Waals surface area contributed by atoms with Gasteiger partial charge in [0.05, 0.1) is 7.11 Å². The summed E-state index contributed by atoms with van der Waals surface area (Å²) >= 11 is 5.95. The lowest BCUT2D eigenvalue weighted by molar-refractivity contribution is -0.142. The summed E-state index contributed by atoms with van der Waals surface area (Å²) in [7, 11) is 1.33. The fourth-order valence-corrected chi connectivity index (χ4v) is 1.54. The fraction of sp³-hybridized carbons (Fsp3) is 0.364. The molecule has 1 atom stereocenters. The van der Waals surface area contributed by atoms with Gasteiger partial charge in [-0.3, -0.25) is 4.79 Å². The second-order valence-electron chi connectivity index (χ2n) is 3.36. The Balaban J connectivity index is 2.81. The number of carbonyl (C=O) groups is 1. The van der Waals surface area contributed by atoms with E-state index >= 15 is 0 Å². The fourth-order valence-electron chi connectivity index (χ4n) is 1.34. The third-order valence-electron chi connectivity index (χ3n) is 2.32. The van der Waals surface area contributed by atoms with Crippen LogP contribution in [0.1, 0.15) is 11.1 Å². The number of esters is 1. The van der Waals surface area contributed by atoms with E-state index in [-0.39, 0.29) is 0 Å². The molecule has 4 heteroatoms. The van der Waals surface area contributed by atoms with Gasteiger partial charge in [-0.1, -0.05) is 23.7 Å². The summed E-state index contributed by atoms with van der Waals surface area (Å²) in [5, 5.41) is 0.685. The molecule has 1 aromatic rings. The van der Waals surface area contributed by atoms with Gasteiger partial charge in [0.15, 0.2) is 0 Å². The maximum Gasteiger partial charge on any atom is 0.322 e. The van der Waals surface area contributed by atoms with Crippen molar-refractivity contribution in [2.75, 3.05) is 7.11 Å². The van der Waals surface area contributed by atoms with Gasteiger partial charge in [0.1, 0.15) is 6.04 Å². The lowest BCUT2D eigenvalue weighted by Gasteiger charge is -2.11. The molecule has 0 fully saturated rings. The van der Waals surface area contributed by atoms with Crippen molar-refractivity contribution in [1.29, 1.82) is 0 Å². The van der Waals surface area contributed by atoms with Gasteiger partial charge >= 0.3 is 5.97 Å². The van der Waals surface area contributed by atoms with Gasteiger partial charge in [-0.15, -0.1) is 0 Å². The highest BCUT2D eigenvalue weighted by molar-refractivity contribution is 6.31. The van der Waals surface area contributed by atoms with Crippen molar-refractivity contribution in [3.63, 3.8) is 0 Å². The Morgan fingerprint density at radius 3 is 2.87 bits per heavy atom. The van der Waals surface area contributed by atoms with Crippen LogP contribution in [-0.2, 0) is 16.0 Å². The second kappa shape index (κ2) is 5.14. The molecule has 82 valence electrons. The molecule has 0 aromatic heterocycles. The van der Waals surface area contributed by atoms with Crippen molar-refractivity contribution in [3.8, 4) is 0 Å². The molecule has 3 nitrogen and oxygen atoms in total. The first-order chi connectivity index (χ1) is 7.06. The van der Waals surface area contributed by atoms with E-state index in [1.54, 1.807) is 0 Å². The van der Waals surface area contributed by atoms with Gasteiger partial charge in [0, 0.05) is 5.02 Å². The Kier molecular flexibility index (Phi) is 4.12. The van der Waals surface area contributed by atoms with Crippen molar-refractivity contribution in [3.05, 3.63) is 34.3 Å². The molecule has 15 heavy (non-hydrogen) atoms. The van der Waals surface area contributed by atoms with Gasteiger partial charge in [-0.25, -0.2) is 0 Å². The molecule has 0 saturated heterocycles. The molecule has 0 saturated carbocycles. The predicted octanol–water partition coefficient (Wildman–Crippen LogP) is 1.69. The summed E-state index contributed by atoms with van der Waals surface area (Å²) in [5.74, 6) is -0.408. The molecule has 2 N–H and O–H groups in total. The zero-order chi connectivity index (χ0) is 11.4. The van der Waals surface area contributed by atoms with E-state index in [1.165, 1.54) is 7.11 Å². The smallest absolute Gasteiger partial charge is 0.322 e. The summed E-state index contributed by atoms with van der Waals surface area (Å²) in [6.07, 6.45) is 0.444. The van der Waals surface area contributed by atoms with Crippen LogP contribution in [0.3, 0.4) is 0 Å². The molecule has 0 aliphatic carbocycles. The van der Waals surface area contributed by atoms with Crippen LogP contribution in [-0.4, -0.2) is 19.1 Å². The van der Waals surface area contributed by atoms with E-state index in [2.05, 4.69) is 4.74 Å². The first kappa shape index (κ1) is 12.0. The first-order valence-corrected chi connectivity index (χ1v) is 5.01. The molecule has 1 rings (SSSR count). The molecule has 0 bridgehead atoms. The summed E-state index contributed by atoms with van der Waals surface area (Å²) in [5.41, 5.74) is 7.59. The SMILES string of the molecule is COC(=O)[C@H](N)Cc1cccc(Cl)c1C. The Morgan fingerprint density at radius 1 is 1.60 bits per heavy atom. The normalized spacial score (nSPS) is 12.3. The first-order valence-electron chi connectivity index (χ1n) is 4.63. The topological polar surface area (TPSA) is 52.3 Å². The number of hydrogen-bond acceptors (Lipinski definition) is 3. The van der Waals surface area contributed by atoms with Crippen molar-refractivity contribution < 1.29 is 9.53 Å². The Hall–Kier alpha value is -1.06. The molecule has 0 radical (unpaired) electrons. The van der Waals surface area contributed by atoms with Crippen LogP contribution in [0.15, 0.2) is 18.2 Å². The molecular formula is C11H14ClNO2. The van der Waals surface area contributed by atoms with Crippen molar-refractivity contribution in [2.45, 2.75) is 19.4 Å². The van der Waals surface area contributed by atoms with Crippen LogP contribution >= 0.6 is 11.6 Å². The van der Waals surface area contributed by atoms with Crippen LogP contribution in [0.4, 0.5) is 0 Å². The third kappa shape index (κ3) is 2.94. The summed E-state index contributed by atoms with van der Waals surface area (Å²) in [6, 6.07) is 4.93. The van der Waals surface area contributed by atoms with Gasteiger partial charge in [0.2, 0.25) is 0 Å². The van der Waals surface area contributed by atoms with Crippen LogP contribution < -0.4 is 5.73 Å². The minimum Gasteiger partial charge on any atom is -0.468 e. The number of nitrogens with two attached hydrogens (primary N) is 1. The van der Waals surface area contributed by atoms with Gasteiger partial charge < -0.3 is 10.5 Å². The highest BCUT2D eigenvalue weighted by Gasteiger charge is 2.15. The van der Waals surface area contributed by atoms with E-state index in [0.29, 0.717) is 11.4 Å². The molecule has 0 aliphatic heterocycles. The molecular weight excluding hydrogens is 214 g/mol. The van der Waals surface area contributed by atoms with Crippen molar-refractivity contribution in [2.24, 2.45) is 5.73 Å². The average Bonchev–Trinajstić information content (AvgIpc) is 2.23. The largest absolute Gasteiger partial charge is 0.468 e. The van der Waals surface area contributed by atoms with E-state index in [9.17, 15) is 4.79 Å². The molecule has 0 unspecified atom stereocenters. The lowest BCUT2D eigenvalue weighted by atomic mass is 10.0. The molecule has 0 aliphatic rings. The number of benzene rings is 1. The maximum atomic E-state index is 11.1. The number of rotatable bonds is 3. The second-order valence-corrected chi connectivity index (χ2v) is 3.76. The monoisotopic (exact) mass is 227 g/mol. The number of ether oxygens (including phenoxy) is 1. The van der Waals surface area contributed by atoms with Gasteiger partial charge in [0.25, 0.3) is 0 Å². The standard InChI is InChI=1S/C11H14ClNO2/c1-7-8(4-3-5-9(7)12)6-10(13)11(14)15-2/h3-5,10H,6,13H2,1-2H3/t10-/m1/s1. The minimum atomic E-state index is -0.632. The summed E-state index contributed by atoms with van der Waals surface area (Å²) < 4.78 is 4.56. The highest BCUT2D eigenvalue weighted by Crippen LogP contribution is 2.19. The van der Waals surface area contributed by atoms with E-state index in [4.69, 9.17) is 17.3 Å². The van der Waals surface area contributed by atoms with Gasteiger partial charge in [-0.05, 0) is 30.5 Å². The lowest BCUT2D eigenvalue weighted by Crippen LogP contribution is -2.33. The third-order valence-corrected chi connectivity index (χ3v) is 2.73. The van der Waals surface area contributed by atoms with Crippen LogP contribution in [0, 0.1) is 6.92 Å². The van der Waals surface area contributed by atoms with Crippen molar-refractivity contribution in [1.82, 2.24) is 0 Å². The maximum absolute atomic E-state index is 11.1. The number of carbonyl (C=O) groups excluding carboxylic acids is 1. The molecule has 0 spiro atoms. The van der Waals surface area contributed by atoms with Crippen molar-refractivity contribution >= 4 is 17.6 Å². The minimum absolute atomic E-state index is 0.408. The Labute approximate surface area is 94.2 Å². The highest BCUT2D eigenvalue weighted by atomic mass is 35.5. The van der Waals surface area contributed by atoms with E-state index in [1.807, 2.05) is 25.1 Å². The predicted molar refractivity (Wildman–Crippen MR) is 59.9 cm³/mol. The Bertz CT molecular complexity index is 366. The van der Waals surface area contributed by atoms with E-state index < -0.39 is 12.0 Å². The zero-order valence-electron chi connectivity index (χ0n) is 8.79. The zero-order valence-corrected chi connectivity index (χ0v) is 9.54.